The SMILES string of the molecule is CCC(O)C(C)(C)/C=C/C=O. The highest BCUT2D eigenvalue weighted by atomic mass is 16.3. The normalized spacial score (nSPS) is 15.3. The lowest BCUT2D eigenvalue weighted by Crippen LogP contribution is -2.26. The summed E-state index contributed by atoms with van der Waals surface area (Å²) in [7, 11) is 0. The summed E-state index contributed by atoms with van der Waals surface area (Å²) in [5.74, 6) is 0. The number of hydrogen-bond acceptors (Lipinski definition) is 2. The van der Waals surface area contributed by atoms with Crippen LogP contribution in [0.1, 0.15) is 27.2 Å². The molecular weight excluding hydrogens is 140 g/mol. The van der Waals surface area contributed by atoms with Gasteiger partial charge in [0.15, 0.2) is 0 Å². The van der Waals surface area contributed by atoms with Crippen LogP contribution in [0.4, 0.5) is 0 Å². The molecule has 0 aliphatic heterocycles. The molecule has 0 spiro atoms. The van der Waals surface area contributed by atoms with Gasteiger partial charge < -0.3 is 5.11 Å². The minimum Gasteiger partial charge on any atom is -0.392 e. The monoisotopic (exact) mass is 156 g/mol. The van der Waals surface area contributed by atoms with Crippen molar-refractivity contribution in [3.05, 3.63) is 12.2 Å². The van der Waals surface area contributed by atoms with Gasteiger partial charge in [-0.1, -0.05) is 26.8 Å². The fourth-order valence-corrected chi connectivity index (χ4v) is 0.924. The first kappa shape index (κ1) is 10.4. The van der Waals surface area contributed by atoms with Gasteiger partial charge in [0.1, 0.15) is 6.29 Å². The summed E-state index contributed by atoms with van der Waals surface area (Å²) in [6, 6.07) is 0. The molecule has 11 heavy (non-hydrogen) atoms. The van der Waals surface area contributed by atoms with Gasteiger partial charge in [0.2, 0.25) is 0 Å². The minimum absolute atomic E-state index is 0.296. The van der Waals surface area contributed by atoms with E-state index in [0.717, 1.165) is 6.29 Å². The lowest BCUT2D eigenvalue weighted by molar-refractivity contribution is -0.104. The first-order valence-electron chi connectivity index (χ1n) is 3.85. The van der Waals surface area contributed by atoms with Crippen LogP contribution < -0.4 is 0 Å². The van der Waals surface area contributed by atoms with E-state index in [9.17, 15) is 9.90 Å². The zero-order valence-electron chi connectivity index (χ0n) is 7.37. The molecule has 0 aromatic heterocycles. The van der Waals surface area contributed by atoms with Crippen molar-refractivity contribution in [2.45, 2.75) is 33.3 Å². The van der Waals surface area contributed by atoms with Gasteiger partial charge in [0.05, 0.1) is 6.10 Å². The third kappa shape index (κ3) is 3.33. The molecule has 2 heteroatoms. The van der Waals surface area contributed by atoms with E-state index in [2.05, 4.69) is 0 Å². The number of carbonyl (C=O) groups is 1. The van der Waals surface area contributed by atoms with Gasteiger partial charge >= 0.3 is 0 Å². The van der Waals surface area contributed by atoms with Crippen molar-refractivity contribution in [1.29, 1.82) is 0 Å². The van der Waals surface area contributed by atoms with Crippen molar-refractivity contribution < 1.29 is 9.90 Å². The molecule has 0 heterocycles. The maximum absolute atomic E-state index is 9.99. The number of carbonyl (C=O) groups excluding carboxylic acids is 1. The average Bonchev–Trinajstić information content (AvgIpc) is 1.99. The molecule has 1 unspecified atom stereocenters. The molecule has 0 saturated carbocycles. The number of hydrogen-bond donors (Lipinski definition) is 1. The van der Waals surface area contributed by atoms with E-state index < -0.39 is 0 Å². The molecule has 1 atom stereocenters. The van der Waals surface area contributed by atoms with Crippen LogP contribution in [0.25, 0.3) is 0 Å². The Morgan fingerprint density at radius 2 is 2.09 bits per heavy atom. The molecule has 0 fully saturated rings. The predicted molar refractivity (Wildman–Crippen MR) is 45.3 cm³/mol. The van der Waals surface area contributed by atoms with Gasteiger partial charge in [-0.3, -0.25) is 4.79 Å². The molecule has 0 aliphatic rings. The number of aldehydes is 1. The van der Waals surface area contributed by atoms with Crippen LogP contribution in [0.5, 0.6) is 0 Å². The second-order valence-electron chi connectivity index (χ2n) is 3.24. The molecule has 1 N–H and O–H groups in total. The lowest BCUT2D eigenvalue weighted by Gasteiger charge is -2.25. The predicted octanol–water partition coefficient (Wildman–Crippen LogP) is 1.54. The largest absolute Gasteiger partial charge is 0.392 e. The fraction of sp³-hybridized carbons (Fsp3) is 0.667. The van der Waals surface area contributed by atoms with E-state index in [-0.39, 0.29) is 11.5 Å². The molecule has 0 rings (SSSR count). The number of allylic oxidation sites excluding steroid dienone is 1. The van der Waals surface area contributed by atoms with Crippen molar-refractivity contribution in [2.75, 3.05) is 0 Å². The van der Waals surface area contributed by atoms with Gasteiger partial charge in [-0.25, -0.2) is 0 Å². The number of aliphatic hydroxyl groups excluding tert-OH is 1. The summed E-state index contributed by atoms with van der Waals surface area (Å²) >= 11 is 0. The van der Waals surface area contributed by atoms with Crippen molar-refractivity contribution in [3.63, 3.8) is 0 Å². The summed E-state index contributed by atoms with van der Waals surface area (Å²) in [5, 5.41) is 9.45. The van der Waals surface area contributed by atoms with Crippen molar-refractivity contribution in [1.82, 2.24) is 0 Å². The summed E-state index contributed by atoms with van der Waals surface area (Å²) in [4.78, 5) is 9.99. The molecule has 0 radical (unpaired) electrons. The highest BCUT2D eigenvalue weighted by Gasteiger charge is 2.22. The number of aliphatic hydroxyl groups is 1. The van der Waals surface area contributed by atoms with Gasteiger partial charge in [0.25, 0.3) is 0 Å². The smallest absolute Gasteiger partial charge is 0.142 e. The Labute approximate surface area is 67.9 Å². The van der Waals surface area contributed by atoms with Crippen LogP contribution in [0.3, 0.4) is 0 Å². The first-order chi connectivity index (χ1) is 5.04. The standard InChI is InChI=1S/C9H16O2/c1-4-8(11)9(2,3)6-5-7-10/h5-8,11H,4H2,1-3H3/b6-5+. The van der Waals surface area contributed by atoms with Crippen LogP contribution >= 0.6 is 0 Å². The fourth-order valence-electron chi connectivity index (χ4n) is 0.924. The maximum atomic E-state index is 9.99. The topological polar surface area (TPSA) is 37.3 Å². The van der Waals surface area contributed by atoms with Crippen LogP contribution in [0.15, 0.2) is 12.2 Å². The Hall–Kier alpha value is -0.630. The molecule has 0 aromatic carbocycles. The second kappa shape index (κ2) is 4.29. The Bertz CT molecular complexity index is 148. The van der Waals surface area contributed by atoms with Crippen LogP contribution in [0, 0.1) is 5.41 Å². The third-order valence-corrected chi connectivity index (χ3v) is 1.85. The van der Waals surface area contributed by atoms with E-state index in [1.54, 1.807) is 6.08 Å². The molecule has 0 aromatic rings. The lowest BCUT2D eigenvalue weighted by atomic mass is 9.85. The summed E-state index contributed by atoms with van der Waals surface area (Å²) in [6.07, 6.45) is 4.21. The van der Waals surface area contributed by atoms with Gasteiger partial charge in [-0.15, -0.1) is 0 Å². The molecule has 64 valence electrons. The third-order valence-electron chi connectivity index (χ3n) is 1.85. The highest BCUT2D eigenvalue weighted by molar-refractivity contribution is 5.64. The van der Waals surface area contributed by atoms with Crippen molar-refractivity contribution >= 4 is 6.29 Å². The average molecular weight is 156 g/mol. The molecular formula is C9H16O2. The Morgan fingerprint density at radius 1 is 1.55 bits per heavy atom. The Balaban J connectivity index is 4.19. The van der Waals surface area contributed by atoms with Gasteiger partial charge in [-0.05, 0) is 12.5 Å². The van der Waals surface area contributed by atoms with Gasteiger partial charge in [0, 0.05) is 5.41 Å². The molecule has 0 amide bonds. The molecule has 0 saturated heterocycles. The molecule has 0 bridgehead atoms. The van der Waals surface area contributed by atoms with E-state index in [1.165, 1.54) is 6.08 Å². The first-order valence-corrected chi connectivity index (χ1v) is 3.85. The minimum atomic E-state index is -0.376. The van der Waals surface area contributed by atoms with E-state index in [1.807, 2.05) is 20.8 Å². The Kier molecular flexibility index (Phi) is 4.04. The zero-order valence-corrected chi connectivity index (χ0v) is 7.37. The van der Waals surface area contributed by atoms with Crippen LogP contribution in [-0.2, 0) is 4.79 Å². The van der Waals surface area contributed by atoms with E-state index >= 15 is 0 Å². The van der Waals surface area contributed by atoms with Crippen LogP contribution in [-0.4, -0.2) is 17.5 Å². The second-order valence-corrected chi connectivity index (χ2v) is 3.24. The quantitative estimate of drug-likeness (QED) is 0.495. The molecule has 2 nitrogen and oxygen atoms in total. The van der Waals surface area contributed by atoms with Crippen LogP contribution in [0.2, 0.25) is 0 Å². The van der Waals surface area contributed by atoms with E-state index in [4.69, 9.17) is 0 Å². The Morgan fingerprint density at radius 3 is 2.45 bits per heavy atom. The summed E-state index contributed by atoms with van der Waals surface area (Å²) < 4.78 is 0. The maximum Gasteiger partial charge on any atom is 0.142 e. The van der Waals surface area contributed by atoms with Crippen molar-refractivity contribution in [2.24, 2.45) is 5.41 Å². The molecule has 0 aliphatic carbocycles. The van der Waals surface area contributed by atoms with E-state index in [0.29, 0.717) is 6.42 Å². The zero-order chi connectivity index (χ0) is 8.91. The number of rotatable bonds is 4. The highest BCUT2D eigenvalue weighted by Crippen LogP contribution is 2.23. The van der Waals surface area contributed by atoms with Crippen molar-refractivity contribution in [3.8, 4) is 0 Å². The summed E-state index contributed by atoms with van der Waals surface area (Å²) in [6.45, 7) is 5.73. The van der Waals surface area contributed by atoms with Gasteiger partial charge in [-0.2, -0.15) is 0 Å². The summed E-state index contributed by atoms with van der Waals surface area (Å²) in [5.41, 5.74) is -0.296.